The lowest BCUT2D eigenvalue weighted by atomic mass is 9.64. The van der Waals surface area contributed by atoms with Gasteiger partial charge in [-0.2, -0.15) is 0 Å². The topological polar surface area (TPSA) is 149 Å². The molecule has 1 aliphatic rings. The lowest BCUT2D eigenvalue weighted by molar-refractivity contribution is -0.0872. The number of H-pyrrole nitrogens is 1. The quantitative estimate of drug-likeness (QED) is 0.115. The highest BCUT2D eigenvalue weighted by Gasteiger charge is 2.56. The molecule has 3 N–H and O–H groups in total. The average molecular weight is 705 g/mol. The molecule has 6 rings (SSSR count). The highest BCUT2D eigenvalue weighted by atomic mass is 35.5. The van der Waals surface area contributed by atoms with Crippen LogP contribution in [0.15, 0.2) is 125 Å². The van der Waals surface area contributed by atoms with Crippen molar-refractivity contribution in [3.63, 3.8) is 0 Å². The average Bonchev–Trinajstić information content (AvgIpc) is 3.49. The number of nitrogens with one attached hydrogen (secondary N) is 1. The fourth-order valence-corrected chi connectivity index (χ4v) is 7.25. The van der Waals surface area contributed by atoms with Crippen molar-refractivity contribution in [3.8, 4) is 11.5 Å². The summed E-state index contributed by atoms with van der Waals surface area (Å²) in [7, 11) is -3.57. The van der Waals surface area contributed by atoms with Crippen LogP contribution in [0.4, 0.5) is 0 Å². The number of hydrogen-bond acceptors (Lipinski definition) is 7. The minimum Gasteiger partial charge on any atom is -0.497 e. The van der Waals surface area contributed by atoms with Crippen molar-refractivity contribution in [3.05, 3.63) is 164 Å². The Hall–Kier alpha value is -4.48. The number of aromatic nitrogens is 2. The van der Waals surface area contributed by atoms with Crippen LogP contribution in [0.25, 0.3) is 0 Å². The number of aryl methyl sites for hydroxylation is 1. The Kier molecular flexibility index (Phi) is 9.94. The van der Waals surface area contributed by atoms with Crippen molar-refractivity contribution < 1.29 is 33.1 Å². The fraction of sp³-hybridized carbons (Fsp3) is 0.222. The third-order valence-electron chi connectivity index (χ3n) is 8.66. The van der Waals surface area contributed by atoms with Crippen molar-refractivity contribution in [2.75, 3.05) is 7.11 Å². The molecule has 254 valence electrons. The largest absolute Gasteiger partial charge is 0.497 e. The van der Waals surface area contributed by atoms with Gasteiger partial charge >= 0.3 is 13.5 Å². The van der Waals surface area contributed by atoms with Crippen LogP contribution in [-0.2, 0) is 19.2 Å². The summed E-state index contributed by atoms with van der Waals surface area (Å²) >= 11 is 6.71. The first-order valence-electron chi connectivity index (χ1n) is 15.4. The van der Waals surface area contributed by atoms with Crippen LogP contribution in [0.3, 0.4) is 0 Å². The van der Waals surface area contributed by atoms with Crippen LogP contribution in [0, 0.1) is 6.92 Å². The summed E-state index contributed by atoms with van der Waals surface area (Å²) in [6.07, 6.45) is -3.67. The van der Waals surface area contributed by atoms with Gasteiger partial charge < -0.3 is 24.0 Å². The normalized spacial score (nSPS) is 18.6. The highest BCUT2D eigenvalue weighted by molar-refractivity contribution is 7.46. The Morgan fingerprint density at radius 3 is 2.04 bits per heavy atom. The lowest BCUT2D eigenvalue weighted by Crippen LogP contribution is -2.55. The van der Waals surface area contributed by atoms with Crippen molar-refractivity contribution >= 4 is 19.4 Å². The number of phosphoric acid groups is 1. The van der Waals surface area contributed by atoms with Gasteiger partial charge in [0.05, 0.1) is 17.5 Å². The van der Waals surface area contributed by atoms with Gasteiger partial charge in [-0.1, -0.05) is 96.5 Å². The van der Waals surface area contributed by atoms with Gasteiger partial charge in [-0.15, -0.1) is 0 Å². The molecule has 0 radical (unpaired) electrons. The van der Waals surface area contributed by atoms with Gasteiger partial charge in [0.25, 0.3) is 5.56 Å². The van der Waals surface area contributed by atoms with E-state index in [1.54, 1.807) is 31.4 Å². The molecule has 0 spiro atoms. The maximum Gasteiger partial charge on any atom is 0.469 e. The van der Waals surface area contributed by atoms with E-state index in [9.17, 15) is 23.9 Å². The molecule has 1 aliphatic heterocycles. The van der Waals surface area contributed by atoms with Gasteiger partial charge in [0.2, 0.25) is 0 Å². The molecule has 11 nitrogen and oxygen atoms in total. The molecule has 0 amide bonds. The van der Waals surface area contributed by atoms with Crippen LogP contribution in [0.5, 0.6) is 11.5 Å². The summed E-state index contributed by atoms with van der Waals surface area (Å²) < 4.78 is 38.3. The molecule has 1 fully saturated rings. The molecule has 13 heteroatoms. The Balaban J connectivity index is 1.66. The molecule has 1 saturated heterocycles. The minimum absolute atomic E-state index is 0.175. The maximum atomic E-state index is 13.1. The molecular formula is C36H34ClN2O9P. The van der Waals surface area contributed by atoms with Gasteiger partial charge in [0, 0.05) is 18.2 Å². The zero-order valence-corrected chi connectivity index (χ0v) is 28.2. The molecule has 4 atom stereocenters. The second kappa shape index (κ2) is 14.2. The van der Waals surface area contributed by atoms with Crippen molar-refractivity contribution in [2.45, 2.75) is 43.3 Å². The van der Waals surface area contributed by atoms with Gasteiger partial charge in [0.15, 0.2) is 0 Å². The summed E-state index contributed by atoms with van der Waals surface area (Å²) in [4.78, 5) is 47.9. The zero-order chi connectivity index (χ0) is 34.8. The maximum absolute atomic E-state index is 13.1. The van der Waals surface area contributed by atoms with Crippen LogP contribution in [0.2, 0.25) is 5.02 Å². The first-order valence-corrected chi connectivity index (χ1v) is 17.3. The number of para-hydroxylation sites is 1. The minimum atomic E-state index is -5.13. The summed E-state index contributed by atoms with van der Waals surface area (Å²) in [5, 5.41) is 0.284. The first kappa shape index (κ1) is 34.4. The smallest absolute Gasteiger partial charge is 0.469 e. The van der Waals surface area contributed by atoms with Gasteiger partial charge in [-0.25, -0.2) is 9.36 Å². The summed E-state index contributed by atoms with van der Waals surface area (Å²) in [5.41, 5.74) is -0.121. The Morgan fingerprint density at radius 1 is 0.898 bits per heavy atom. The van der Waals surface area contributed by atoms with E-state index in [1.807, 2.05) is 84.9 Å². The SMILES string of the molecule is COc1ccc(C(c2ccccc2)(c2ccccc2)C(Oc2ccccc2Cl)[C@H]2O[C@@H](n3cc(C)c(=O)[nH]c3=O)C[C@@H]2OP(=O)(O)O)cc1. The summed E-state index contributed by atoms with van der Waals surface area (Å²) in [6, 6.07) is 33.3. The molecule has 2 heterocycles. The molecule has 49 heavy (non-hydrogen) atoms. The van der Waals surface area contributed by atoms with E-state index in [4.69, 9.17) is 30.3 Å². The van der Waals surface area contributed by atoms with E-state index in [1.165, 1.54) is 17.7 Å². The predicted octanol–water partition coefficient (Wildman–Crippen LogP) is 5.75. The first-order chi connectivity index (χ1) is 23.5. The van der Waals surface area contributed by atoms with Gasteiger partial charge in [0.1, 0.15) is 36.0 Å². The number of methoxy groups -OCH3 is 1. The highest BCUT2D eigenvalue weighted by Crippen LogP contribution is 2.51. The van der Waals surface area contributed by atoms with Crippen LogP contribution in [-0.4, -0.2) is 44.8 Å². The predicted molar refractivity (Wildman–Crippen MR) is 183 cm³/mol. The monoisotopic (exact) mass is 704 g/mol. The van der Waals surface area contributed by atoms with Crippen molar-refractivity contribution in [1.82, 2.24) is 9.55 Å². The van der Waals surface area contributed by atoms with E-state index in [-0.39, 0.29) is 22.8 Å². The van der Waals surface area contributed by atoms with Gasteiger partial charge in [-0.3, -0.25) is 18.9 Å². The van der Waals surface area contributed by atoms with E-state index in [2.05, 4.69) is 4.98 Å². The molecular weight excluding hydrogens is 671 g/mol. The molecule has 1 aromatic heterocycles. The number of ether oxygens (including phenoxy) is 3. The van der Waals surface area contributed by atoms with Crippen LogP contribution >= 0.6 is 19.4 Å². The third kappa shape index (κ3) is 7.00. The second-order valence-corrected chi connectivity index (χ2v) is 13.2. The number of hydrogen-bond donors (Lipinski definition) is 3. The standard InChI is InChI=1S/C36H34ClN2O9P/c1-23-22-39(35(41)38-34(23)40)31-21-30(48-49(42,43)44)32(47-31)33(46-29-16-10-9-15-28(29)37)36(24-11-5-3-6-12-24,25-13-7-4-8-14-25)26-17-19-27(45-2)20-18-26/h3-20,22,30-33H,21H2,1-2H3,(H,38,40,41)(H2,42,43,44)/t30-,31+,32-,33?/m0/s1. The number of halogens is 1. The Morgan fingerprint density at radius 2 is 1.47 bits per heavy atom. The van der Waals surface area contributed by atoms with E-state index < -0.39 is 49.0 Å². The molecule has 0 bridgehead atoms. The Labute approximate surface area is 286 Å². The number of aromatic amines is 1. The number of benzene rings is 4. The van der Waals surface area contributed by atoms with Crippen LogP contribution < -0.4 is 20.7 Å². The Bertz CT molecular complexity index is 2030. The van der Waals surface area contributed by atoms with E-state index in [0.717, 1.165) is 16.7 Å². The molecule has 1 unspecified atom stereocenters. The van der Waals surface area contributed by atoms with Crippen molar-refractivity contribution in [1.29, 1.82) is 0 Å². The molecule has 0 aliphatic carbocycles. The molecule has 0 saturated carbocycles. The summed E-state index contributed by atoms with van der Waals surface area (Å²) in [5.74, 6) is 0.882. The zero-order valence-electron chi connectivity index (χ0n) is 26.5. The second-order valence-electron chi connectivity index (χ2n) is 11.6. The van der Waals surface area contributed by atoms with Crippen LogP contribution in [0.1, 0.15) is 34.9 Å². The molecule has 5 aromatic rings. The lowest BCUT2D eigenvalue weighted by Gasteiger charge is -2.45. The number of nitrogens with zero attached hydrogens (tertiary/aromatic N) is 1. The summed E-state index contributed by atoms with van der Waals surface area (Å²) in [6.45, 7) is 1.54. The third-order valence-corrected chi connectivity index (χ3v) is 9.52. The molecule has 4 aromatic carbocycles. The van der Waals surface area contributed by atoms with Gasteiger partial charge in [-0.05, 0) is 47.9 Å². The van der Waals surface area contributed by atoms with E-state index in [0.29, 0.717) is 5.75 Å². The van der Waals surface area contributed by atoms with E-state index >= 15 is 0 Å². The number of phosphoric ester groups is 1. The fourth-order valence-electron chi connectivity index (χ4n) is 6.51. The van der Waals surface area contributed by atoms with Crippen molar-refractivity contribution in [2.24, 2.45) is 0 Å². The number of rotatable bonds is 11.